The maximum absolute atomic E-state index is 6.16. The number of fused-ring (bicyclic) bond motifs is 1. The average Bonchev–Trinajstić information content (AvgIpc) is 3.07. The summed E-state index contributed by atoms with van der Waals surface area (Å²) in [5.74, 6) is 0. The van der Waals surface area contributed by atoms with E-state index in [1.54, 1.807) is 0 Å². The van der Waals surface area contributed by atoms with Gasteiger partial charge < -0.3 is 4.90 Å². The number of benzene rings is 2. The summed E-state index contributed by atoms with van der Waals surface area (Å²) in [6, 6.07) is 18.8. The SMILES string of the molecule is CN1c2ccccc2C(C)(C)[C@@]12C=C(c1ccccc1)NO2. The molecule has 22 heavy (non-hydrogen) atoms. The van der Waals surface area contributed by atoms with E-state index in [1.165, 1.54) is 11.3 Å². The van der Waals surface area contributed by atoms with Gasteiger partial charge in [0, 0.05) is 18.2 Å². The Kier molecular flexibility index (Phi) is 2.66. The van der Waals surface area contributed by atoms with Crippen LogP contribution in [-0.2, 0) is 10.3 Å². The molecule has 1 atom stereocenters. The van der Waals surface area contributed by atoms with Gasteiger partial charge in [0.15, 0.2) is 5.72 Å². The zero-order valence-electron chi connectivity index (χ0n) is 13.1. The number of hydrogen-bond acceptors (Lipinski definition) is 3. The minimum atomic E-state index is -0.512. The molecule has 0 saturated heterocycles. The minimum Gasteiger partial charge on any atom is -0.340 e. The first-order valence-electron chi connectivity index (χ1n) is 7.62. The van der Waals surface area contributed by atoms with Crippen LogP contribution in [-0.4, -0.2) is 12.8 Å². The minimum absolute atomic E-state index is 0.151. The van der Waals surface area contributed by atoms with Gasteiger partial charge in [0.1, 0.15) is 0 Å². The van der Waals surface area contributed by atoms with E-state index in [1.807, 2.05) is 18.2 Å². The van der Waals surface area contributed by atoms with E-state index < -0.39 is 5.72 Å². The highest BCUT2D eigenvalue weighted by molar-refractivity contribution is 5.73. The Morgan fingerprint density at radius 3 is 2.36 bits per heavy atom. The highest BCUT2D eigenvalue weighted by atomic mass is 16.7. The lowest BCUT2D eigenvalue weighted by molar-refractivity contribution is -0.0678. The number of hydroxylamine groups is 1. The molecule has 0 saturated carbocycles. The Morgan fingerprint density at radius 2 is 1.64 bits per heavy atom. The fraction of sp³-hybridized carbons (Fsp3) is 0.263. The highest BCUT2D eigenvalue weighted by Gasteiger charge is 2.58. The third-order valence-electron chi connectivity index (χ3n) is 5.07. The molecule has 4 rings (SSSR count). The largest absolute Gasteiger partial charge is 0.340 e. The van der Waals surface area contributed by atoms with E-state index in [-0.39, 0.29) is 5.41 Å². The molecule has 1 N–H and O–H groups in total. The molecule has 0 aromatic heterocycles. The van der Waals surface area contributed by atoms with E-state index >= 15 is 0 Å². The standard InChI is InChI=1S/C19H20N2O/c1-18(2)15-11-7-8-12-17(15)21(3)19(18)13-16(20-22-19)14-9-5-4-6-10-14/h4-13,20H,1-3H3/t19-/m0/s1. The van der Waals surface area contributed by atoms with Gasteiger partial charge in [-0.05, 0) is 23.3 Å². The van der Waals surface area contributed by atoms with Gasteiger partial charge in [-0.2, -0.15) is 0 Å². The van der Waals surface area contributed by atoms with Crippen molar-refractivity contribution in [1.29, 1.82) is 0 Å². The van der Waals surface area contributed by atoms with E-state index in [4.69, 9.17) is 4.84 Å². The molecule has 0 amide bonds. The van der Waals surface area contributed by atoms with Crippen molar-refractivity contribution < 1.29 is 4.84 Å². The summed E-state index contributed by atoms with van der Waals surface area (Å²) in [4.78, 5) is 8.39. The van der Waals surface area contributed by atoms with Gasteiger partial charge in [-0.15, -0.1) is 0 Å². The van der Waals surface area contributed by atoms with E-state index in [9.17, 15) is 0 Å². The lowest BCUT2D eigenvalue weighted by Crippen LogP contribution is -2.54. The first-order chi connectivity index (χ1) is 10.6. The molecule has 2 heterocycles. The molecular formula is C19H20N2O. The van der Waals surface area contributed by atoms with E-state index in [0.717, 1.165) is 11.3 Å². The predicted molar refractivity (Wildman–Crippen MR) is 89.2 cm³/mol. The van der Waals surface area contributed by atoms with Crippen LogP contribution in [0.15, 0.2) is 60.7 Å². The Hall–Kier alpha value is -2.26. The number of likely N-dealkylation sites (N-methyl/N-ethyl adjacent to an activating group) is 1. The second kappa shape index (κ2) is 4.37. The van der Waals surface area contributed by atoms with Crippen LogP contribution in [0, 0.1) is 0 Å². The van der Waals surface area contributed by atoms with E-state index in [0.29, 0.717) is 0 Å². The van der Waals surface area contributed by atoms with Crippen molar-refractivity contribution in [3.63, 3.8) is 0 Å². The molecule has 2 aliphatic rings. The zero-order valence-corrected chi connectivity index (χ0v) is 13.1. The Labute approximate surface area is 131 Å². The van der Waals surface area contributed by atoms with Crippen molar-refractivity contribution in [2.75, 3.05) is 11.9 Å². The maximum atomic E-state index is 6.16. The molecular weight excluding hydrogens is 272 g/mol. The quantitative estimate of drug-likeness (QED) is 0.867. The van der Waals surface area contributed by atoms with Crippen molar-refractivity contribution in [3.05, 3.63) is 71.8 Å². The lowest BCUT2D eigenvalue weighted by Gasteiger charge is -2.39. The van der Waals surface area contributed by atoms with Gasteiger partial charge in [-0.25, -0.2) is 4.84 Å². The summed E-state index contributed by atoms with van der Waals surface area (Å²) in [5, 5.41) is 0. The lowest BCUT2D eigenvalue weighted by atomic mass is 9.77. The summed E-state index contributed by atoms with van der Waals surface area (Å²) in [5.41, 5.74) is 7.18. The molecule has 0 fully saturated rings. The van der Waals surface area contributed by atoms with Gasteiger partial charge >= 0.3 is 0 Å². The third-order valence-corrected chi connectivity index (χ3v) is 5.07. The van der Waals surface area contributed by atoms with Crippen LogP contribution in [0.5, 0.6) is 0 Å². The summed E-state index contributed by atoms with van der Waals surface area (Å²) >= 11 is 0. The molecule has 0 unspecified atom stereocenters. The van der Waals surface area contributed by atoms with Crippen molar-refractivity contribution in [2.24, 2.45) is 0 Å². The van der Waals surface area contributed by atoms with Crippen molar-refractivity contribution in [2.45, 2.75) is 25.0 Å². The van der Waals surface area contributed by atoms with Gasteiger partial charge in [-0.1, -0.05) is 62.4 Å². The van der Waals surface area contributed by atoms with Crippen LogP contribution < -0.4 is 10.4 Å². The molecule has 3 heteroatoms. The molecule has 0 radical (unpaired) electrons. The fourth-order valence-corrected chi connectivity index (χ4v) is 3.71. The highest BCUT2D eigenvalue weighted by Crippen LogP contribution is 2.54. The normalized spacial score (nSPS) is 25.0. The van der Waals surface area contributed by atoms with Crippen LogP contribution >= 0.6 is 0 Å². The first-order valence-corrected chi connectivity index (χ1v) is 7.62. The van der Waals surface area contributed by atoms with Crippen LogP contribution in [0.2, 0.25) is 0 Å². The van der Waals surface area contributed by atoms with Gasteiger partial charge in [0.25, 0.3) is 0 Å². The second-order valence-electron chi connectivity index (χ2n) is 6.53. The zero-order chi connectivity index (χ0) is 15.4. The third kappa shape index (κ3) is 1.54. The van der Waals surface area contributed by atoms with Crippen LogP contribution in [0.4, 0.5) is 5.69 Å². The molecule has 112 valence electrons. The molecule has 2 aliphatic heterocycles. The summed E-state index contributed by atoms with van der Waals surface area (Å²) < 4.78 is 0. The van der Waals surface area contributed by atoms with Crippen molar-refractivity contribution >= 4 is 11.4 Å². The summed E-state index contributed by atoms with van der Waals surface area (Å²) in [7, 11) is 2.10. The van der Waals surface area contributed by atoms with E-state index in [2.05, 4.69) is 73.7 Å². The smallest absolute Gasteiger partial charge is 0.197 e. The van der Waals surface area contributed by atoms with Crippen LogP contribution in [0.3, 0.4) is 0 Å². The predicted octanol–water partition coefficient (Wildman–Crippen LogP) is 3.69. The van der Waals surface area contributed by atoms with Crippen molar-refractivity contribution in [3.8, 4) is 0 Å². The molecule has 2 aromatic rings. The number of anilines is 1. The number of rotatable bonds is 1. The van der Waals surface area contributed by atoms with Crippen LogP contribution in [0.1, 0.15) is 25.0 Å². The Bertz CT molecular complexity index is 751. The summed E-state index contributed by atoms with van der Waals surface area (Å²) in [6.45, 7) is 4.48. The molecule has 3 nitrogen and oxygen atoms in total. The van der Waals surface area contributed by atoms with Crippen molar-refractivity contribution in [1.82, 2.24) is 5.48 Å². The molecule has 2 aromatic carbocycles. The average molecular weight is 292 g/mol. The topological polar surface area (TPSA) is 24.5 Å². The van der Waals surface area contributed by atoms with Crippen LogP contribution in [0.25, 0.3) is 5.70 Å². The monoisotopic (exact) mass is 292 g/mol. The first kappa shape index (κ1) is 13.4. The fourth-order valence-electron chi connectivity index (χ4n) is 3.71. The molecule has 0 aliphatic carbocycles. The second-order valence-corrected chi connectivity index (χ2v) is 6.53. The summed E-state index contributed by atoms with van der Waals surface area (Å²) in [6.07, 6.45) is 2.21. The maximum Gasteiger partial charge on any atom is 0.197 e. The molecule has 0 bridgehead atoms. The van der Waals surface area contributed by atoms with Gasteiger partial charge in [-0.3, -0.25) is 5.48 Å². The number of hydrogen-bond donors (Lipinski definition) is 1. The Balaban J connectivity index is 1.85. The Morgan fingerprint density at radius 1 is 0.955 bits per heavy atom. The number of nitrogens with zero attached hydrogens (tertiary/aromatic N) is 1. The molecule has 1 spiro atoms. The van der Waals surface area contributed by atoms with Gasteiger partial charge in [0.05, 0.1) is 5.70 Å². The van der Waals surface area contributed by atoms with Gasteiger partial charge in [0.2, 0.25) is 0 Å². The number of nitrogens with one attached hydrogen (secondary N) is 1. The number of para-hydroxylation sites is 1.